The normalized spacial score (nSPS) is 12.1. The molecule has 4 aromatic rings. The molecule has 0 spiro atoms. The number of methoxy groups -OCH3 is 1. The van der Waals surface area contributed by atoms with Crippen LogP contribution < -0.4 is 20.7 Å². The predicted molar refractivity (Wildman–Crippen MR) is 168 cm³/mol. The number of amides is 1. The summed E-state index contributed by atoms with van der Waals surface area (Å²) < 4.78 is 66.7. The van der Waals surface area contributed by atoms with Crippen molar-refractivity contribution in [3.05, 3.63) is 71.2 Å². The Kier molecular flexibility index (Phi) is 11.4. The number of aromatic nitrogens is 4. The zero-order valence-electron chi connectivity index (χ0n) is 25.7. The van der Waals surface area contributed by atoms with E-state index in [1.807, 2.05) is 0 Å². The number of aryl methyl sites for hydroxylation is 1. The minimum Gasteiger partial charge on any atom is -0.495 e. The van der Waals surface area contributed by atoms with Crippen molar-refractivity contribution in [2.75, 3.05) is 38.0 Å². The Hall–Kier alpha value is -4.46. The van der Waals surface area contributed by atoms with E-state index in [0.717, 1.165) is 0 Å². The van der Waals surface area contributed by atoms with Crippen LogP contribution in [-0.2, 0) is 28.0 Å². The first-order valence-electron chi connectivity index (χ1n) is 14.3. The molecule has 4 N–H and O–H groups in total. The molecule has 0 saturated carbocycles. The van der Waals surface area contributed by atoms with Crippen LogP contribution in [-0.4, -0.2) is 58.1 Å². The molecule has 2 aromatic carbocycles. The van der Waals surface area contributed by atoms with Gasteiger partial charge in [-0.1, -0.05) is 12.1 Å². The number of rotatable bonds is 14. The fourth-order valence-corrected chi connectivity index (χ4v) is 5.70. The number of hydrogen-bond donors (Lipinski definition) is 4. The number of carbonyl (C=O) groups is 1. The lowest BCUT2D eigenvalue weighted by atomic mass is 9.96. The number of nitrogens with one attached hydrogen (secondary N) is 3. The lowest BCUT2D eigenvalue weighted by Gasteiger charge is -2.19. The molecule has 1 amide bonds. The second-order valence-corrected chi connectivity index (χ2v) is 11.4. The first-order valence-corrected chi connectivity index (χ1v) is 15.8. The Bertz CT molecular complexity index is 1710. The van der Waals surface area contributed by atoms with Crippen molar-refractivity contribution in [3.8, 4) is 16.9 Å². The summed E-state index contributed by atoms with van der Waals surface area (Å²) in [5.41, 5.74) is 1.97. The topological polar surface area (TPSA) is 153 Å². The van der Waals surface area contributed by atoms with Crippen molar-refractivity contribution >= 4 is 37.1 Å². The van der Waals surface area contributed by atoms with Gasteiger partial charge < -0.3 is 30.3 Å². The second kappa shape index (κ2) is 15.2. The lowest BCUT2D eigenvalue weighted by Crippen LogP contribution is -2.21. The minimum absolute atomic E-state index is 0.00817. The zero-order valence-corrected chi connectivity index (χ0v) is 26.7. The highest BCUT2D eigenvalue weighted by Gasteiger charge is 2.36. The summed E-state index contributed by atoms with van der Waals surface area (Å²) in [7, 11) is 0.560. The van der Waals surface area contributed by atoms with Crippen LogP contribution in [0, 0.1) is 6.92 Å². The zero-order chi connectivity index (χ0) is 33.4. The van der Waals surface area contributed by atoms with E-state index in [0.29, 0.717) is 59.5 Å². The molecule has 4 rings (SSSR count). The van der Waals surface area contributed by atoms with E-state index in [9.17, 15) is 22.5 Å². The molecular formula is C30H35F3N7O5P. The molecule has 2 heterocycles. The molecule has 2 aromatic heterocycles. The number of benzene rings is 2. The number of alkyl halides is 3. The van der Waals surface area contributed by atoms with Gasteiger partial charge in [0.1, 0.15) is 17.1 Å². The van der Waals surface area contributed by atoms with Crippen molar-refractivity contribution in [1.82, 2.24) is 25.1 Å². The average Bonchev–Trinajstić information content (AvgIpc) is 3.49. The van der Waals surface area contributed by atoms with Gasteiger partial charge in [-0.15, -0.1) is 0 Å². The average molecular weight is 662 g/mol. The maximum absolute atomic E-state index is 14.1. The third kappa shape index (κ3) is 8.22. The van der Waals surface area contributed by atoms with Gasteiger partial charge in [0.25, 0.3) is 5.91 Å². The molecule has 0 aliphatic rings. The molecule has 0 aliphatic heterocycles. The fourth-order valence-electron chi connectivity index (χ4n) is 4.72. The predicted octanol–water partition coefficient (Wildman–Crippen LogP) is 5.92. The second-order valence-electron chi connectivity index (χ2n) is 10.0. The highest BCUT2D eigenvalue weighted by atomic mass is 31.1. The maximum Gasteiger partial charge on any atom is 0.421 e. The Balaban J connectivity index is 1.71. The van der Waals surface area contributed by atoms with Crippen LogP contribution in [0.1, 0.15) is 40.4 Å². The van der Waals surface area contributed by atoms with E-state index < -0.39 is 31.5 Å². The summed E-state index contributed by atoms with van der Waals surface area (Å²) in [5.74, 6) is -0.943. The SMILES string of the molecule is CCO[PH](=O)Cc1ccc(Nc2ncc(C(F)(F)F)c(Nc3ccc(-c4cnn(CCCO)c4)c(C)c3C(=O)NC)n2)c(OC)c1. The van der Waals surface area contributed by atoms with Gasteiger partial charge in [0.2, 0.25) is 5.95 Å². The molecule has 0 bridgehead atoms. The van der Waals surface area contributed by atoms with Crippen molar-refractivity contribution in [1.29, 1.82) is 0 Å². The highest BCUT2D eigenvalue weighted by Crippen LogP contribution is 2.39. The van der Waals surface area contributed by atoms with Crippen LogP contribution >= 0.6 is 8.03 Å². The Morgan fingerprint density at radius 2 is 1.89 bits per heavy atom. The number of hydrogen-bond acceptors (Lipinski definition) is 10. The van der Waals surface area contributed by atoms with Crippen LogP contribution in [0.25, 0.3) is 11.1 Å². The number of halogens is 3. The minimum atomic E-state index is -4.82. The van der Waals surface area contributed by atoms with Gasteiger partial charge in [0, 0.05) is 44.3 Å². The van der Waals surface area contributed by atoms with E-state index in [2.05, 4.69) is 31.0 Å². The van der Waals surface area contributed by atoms with Gasteiger partial charge in [-0.25, -0.2) is 4.98 Å². The van der Waals surface area contributed by atoms with Gasteiger partial charge in [-0.3, -0.25) is 14.0 Å². The van der Waals surface area contributed by atoms with Crippen molar-refractivity contribution in [2.45, 2.75) is 39.2 Å². The number of anilines is 4. The van der Waals surface area contributed by atoms with Crippen LogP contribution in [0.15, 0.2) is 48.9 Å². The van der Waals surface area contributed by atoms with Crippen LogP contribution in [0.5, 0.6) is 5.75 Å². The molecule has 16 heteroatoms. The van der Waals surface area contributed by atoms with E-state index in [1.54, 1.807) is 55.2 Å². The molecule has 0 aliphatic carbocycles. The van der Waals surface area contributed by atoms with Gasteiger partial charge in [0.15, 0.2) is 8.03 Å². The van der Waals surface area contributed by atoms with E-state index in [-0.39, 0.29) is 30.0 Å². The standard InChI is InChI=1S/C30H35F3N7O5P/c1-5-45-46(43)17-19-7-9-23(25(13-19)44-4)38-29-35-15-22(30(31,32)33)27(39-29)37-24-10-8-21(18(2)26(24)28(42)34-3)20-14-36-40(16-20)11-6-12-41/h7-10,13-16,41,46H,5-6,11-12,17H2,1-4H3,(H,34,42)(H2,35,37,38,39). The van der Waals surface area contributed by atoms with Crippen molar-refractivity contribution in [3.63, 3.8) is 0 Å². The van der Waals surface area contributed by atoms with Gasteiger partial charge >= 0.3 is 6.18 Å². The summed E-state index contributed by atoms with van der Waals surface area (Å²) in [6.07, 6.45) is -0.0802. The third-order valence-electron chi connectivity index (χ3n) is 6.92. The molecule has 0 saturated heterocycles. The summed E-state index contributed by atoms with van der Waals surface area (Å²) in [5, 5.41) is 21.6. The molecule has 12 nitrogen and oxygen atoms in total. The number of carbonyl (C=O) groups excluding carboxylic acids is 1. The summed E-state index contributed by atoms with van der Waals surface area (Å²) in [4.78, 5) is 21.1. The summed E-state index contributed by atoms with van der Waals surface area (Å²) in [6, 6.07) is 8.12. The van der Waals surface area contributed by atoms with Gasteiger partial charge in [0.05, 0.1) is 36.9 Å². The van der Waals surface area contributed by atoms with E-state index >= 15 is 0 Å². The molecule has 1 unspecified atom stereocenters. The molecular weight excluding hydrogens is 626 g/mol. The summed E-state index contributed by atoms with van der Waals surface area (Å²) in [6.45, 7) is 4.26. The number of ether oxygens (including phenoxy) is 1. The number of aliphatic hydroxyl groups excluding tert-OH is 1. The Morgan fingerprint density at radius 3 is 2.57 bits per heavy atom. The Labute approximate surface area is 264 Å². The van der Waals surface area contributed by atoms with Gasteiger partial charge in [-0.05, 0) is 55.2 Å². The number of nitrogens with zero attached hydrogens (tertiary/aromatic N) is 4. The molecule has 1 atom stereocenters. The molecule has 0 radical (unpaired) electrons. The molecule has 246 valence electrons. The van der Waals surface area contributed by atoms with E-state index in [4.69, 9.17) is 14.4 Å². The van der Waals surface area contributed by atoms with E-state index in [1.165, 1.54) is 20.2 Å². The van der Waals surface area contributed by atoms with Crippen LogP contribution in [0.2, 0.25) is 0 Å². The smallest absolute Gasteiger partial charge is 0.421 e. The lowest BCUT2D eigenvalue weighted by molar-refractivity contribution is -0.137. The van der Waals surface area contributed by atoms with Crippen LogP contribution in [0.3, 0.4) is 0 Å². The first kappa shape index (κ1) is 34.4. The van der Waals surface area contributed by atoms with Crippen LogP contribution in [0.4, 0.5) is 36.3 Å². The Morgan fingerprint density at radius 1 is 1.13 bits per heavy atom. The third-order valence-corrected chi connectivity index (χ3v) is 8.23. The fraction of sp³-hybridized carbons (Fsp3) is 0.333. The molecule has 46 heavy (non-hydrogen) atoms. The van der Waals surface area contributed by atoms with Gasteiger partial charge in [-0.2, -0.15) is 23.3 Å². The maximum atomic E-state index is 14.1. The quantitative estimate of drug-likeness (QED) is 0.120. The van der Waals surface area contributed by atoms with Crippen molar-refractivity contribution < 1.29 is 36.9 Å². The molecule has 0 fully saturated rings. The number of aliphatic hydroxyl groups is 1. The summed E-state index contributed by atoms with van der Waals surface area (Å²) >= 11 is 0. The first-order chi connectivity index (χ1) is 22.0. The monoisotopic (exact) mass is 661 g/mol. The largest absolute Gasteiger partial charge is 0.495 e. The highest BCUT2D eigenvalue weighted by molar-refractivity contribution is 7.38. The van der Waals surface area contributed by atoms with Crippen molar-refractivity contribution in [2.24, 2.45) is 0 Å².